The van der Waals surface area contributed by atoms with Gasteiger partial charge in [0.2, 0.25) is 0 Å². The van der Waals surface area contributed by atoms with E-state index in [2.05, 4.69) is 49.4 Å². The lowest BCUT2D eigenvalue weighted by molar-refractivity contribution is 0.594. The Balaban J connectivity index is 2.35. The molecule has 0 bridgehead atoms. The Morgan fingerprint density at radius 2 is 2.27 bits per heavy atom. The minimum atomic E-state index is 0.217. The van der Waals surface area contributed by atoms with E-state index in [9.17, 15) is 0 Å². The highest BCUT2D eigenvalue weighted by atomic mass is 14.9. The SMILES string of the molecule is C#CC(CC)NCCc1cccc(C)c1. The third-order valence-corrected chi connectivity index (χ3v) is 2.50. The molecule has 0 heterocycles. The standard InChI is InChI=1S/C14H19N/c1-4-14(5-2)15-10-9-13-8-6-7-12(3)11-13/h1,6-8,11,14-15H,5,9-10H2,2-3H3. The topological polar surface area (TPSA) is 12.0 Å². The van der Waals surface area contributed by atoms with E-state index in [4.69, 9.17) is 6.42 Å². The van der Waals surface area contributed by atoms with Crippen LogP contribution >= 0.6 is 0 Å². The molecule has 0 saturated carbocycles. The van der Waals surface area contributed by atoms with Crippen molar-refractivity contribution in [2.75, 3.05) is 6.54 Å². The molecular formula is C14H19N. The van der Waals surface area contributed by atoms with Crippen molar-refractivity contribution in [1.29, 1.82) is 0 Å². The molecule has 1 N–H and O–H groups in total. The first-order chi connectivity index (χ1) is 7.26. The highest BCUT2D eigenvalue weighted by Gasteiger charge is 1.99. The Bertz CT molecular complexity index is 335. The number of terminal acetylenes is 1. The van der Waals surface area contributed by atoms with Crippen LogP contribution in [0.25, 0.3) is 0 Å². The zero-order valence-corrected chi connectivity index (χ0v) is 9.59. The Labute approximate surface area is 92.9 Å². The van der Waals surface area contributed by atoms with Gasteiger partial charge in [0.25, 0.3) is 0 Å². The van der Waals surface area contributed by atoms with Gasteiger partial charge in [-0.15, -0.1) is 6.42 Å². The van der Waals surface area contributed by atoms with Crippen molar-refractivity contribution >= 4 is 0 Å². The second-order valence-electron chi connectivity index (χ2n) is 3.82. The molecule has 1 nitrogen and oxygen atoms in total. The molecule has 0 aliphatic heterocycles. The smallest absolute Gasteiger partial charge is 0.0684 e. The number of hydrogen-bond acceptors (Lipinski definition) is 1. The van der Waals surface area contributed by atoms with Gasteiger partial charge in [0.15, 0.2) is 0 Å². The van der Waals surface area contributed by atoms with Gasteiger partial charge < -0.3 is 5.32 Å². The largest absolute Gasteiger partial charge is 0.303 e. The first kappa shape index (κ1) is 11.8. The second kappa shape index (κ2) is 6.27. The van der Waals surface area contributed by atoms with E-state index in [-0.39, 0.29) is 6.04 Å². The average molecular weight is 201 g/mol. The zero-order chi connectivity index (χ0) is 11.1. The molecule has 0 aliphatic carbocycles. The van der Waals surface area contributed by atoms with Gasteiger partial charge in [-0.05, 0) is 25.3 Å². The summed E-state index contributed by atoms with van der Waals surface area (Å²) in [5.41, 5.74) is 2.69. The lowest BCUT2D eigenvalue weighted by atomic mass is 10.1. The molecule has 0 saturated heterocycles. The number of nitrogens with one attached hydrogen (secondary N) is 1. The van der Waals surface area contributed by atoms with Crippen LogP contribution in [0.3, 0.4) is 0 Å². The van der Waals surface area contributed by atoms with Gasteiger partial charge in [0.1, 0.15) is 0 Å². The highest BCUT2D eigenvalue weighted by Crippen LogP contribution is 2.04. The van der Waals surface area contributed by atoms with Crippen LogP contribution in [0, 0.1) is 19.3 Å². The lowest BCUT2D eigenvalue weighted by Gasteiger charge is -2.10. The van der Waals surface area contributed by atoms with Gasteiger partial charge in [0, 0.05) is 6.54 Å². The van der Waals surface area contributed by atoms with Crippen LogP contribution in [0.15, 0.2) is 24.3 Å². The van der Waals surface area contributed by atoms with Crippen molar-refractivity contribution in [2.45, 2.75) is 32.7 Å². The fourth-order valence-corrected chi connectivity index (χ4v) is 1.58. The van der Waals surface area contributed by atoms with Gasteiger partial charge in [-0.25, -0.2) is 0 Å². The van der Waals surface area contributed by atoms with Crippen molar-refractivity contribution in [3.63, 3.8) is 0 Å². The molecule has 80 valence electrons. The summed E-state index contributed by atoms with van der Waals surface area (Å²) in [4.78, 5) is 0. The first-order valence-electron chi connectivity index (χ1n) is 5.51. The van der Waals surface area contributed by atoms with Crippen LogP contribution < -0.4 is 5.32 Å². The van der Waals surface area contributed by atoms with Crippen molar-refractivity contribution < 1.29 is 0 Å². The van der Waals surface area contributed by atoms with E-state index in [1.165, 1.54) is 11.1 Å². The first-order valence-corrected chi connectivity index (χ1v) is 5.51. The van der Waals surface area contributed by atoms with Gasteiger partial charge in [-0.3, -0.25) is 0 Å². The molecule has 1 aromatic carbocycles. The van der Waals surface area contributed by atoms with Crippen LogP contribution in [0.5, 0.6) is 0 Å². The van der Waals surface area contributed by atoms with Gasteiger partial charge in [-0.1, -0.05) is 42.7 Å². The number of benzene rings is 1. The Morgan fingerprint density at radius 3 is 2.87 bits per heavy atom. The van der Waals surface area contributed by atoms with Gasteiger partial charge >= 0.3 is 0 Å². The highest BCUT2D eigenvalue weighted by molar-refractivity contribution is 5.22. The molecule has 15 heavy (non-hydrogen) atoms. The maximum Gasteiger partial charge on any atom is 0.0684 e. The summed E-state index contributed by atoms with van der Waals surface area (Å²) >= 11 is 0. The van der Waals surface area contributed by atoms with Crippen LogP contribution in [0.4, 0.5) is 0 Å². The molecule has 0 fully saturated rings. The number of hydrogen-bond donors (Lipinski definition) is 1. The van der Waals surface area contributed by atoms with E-state index >= 15 is 0 Å². The van der Waals surface area contributed by atoms with E-state index in [1.54, 1.807) is 0 Å². The van der Waals surface area contributed by atoms with Crippen molar-refractivity contribution in [1.82, 2.24) is 5.32 Å². The maximum atomic E-state index is 5.37. The van der Waals surface area contributed by atoms with Crippen molar-refractivity contribution in [3.05, 3.63) is 35.4 Å². The minimum absolute atomic E-state index is 0.217. The second-order valence-corrected chi connectivity index (χ2v) is 3.82. The number of rotatable bonds is 5. The Morgan fingerprint density at radius 1 is 1.47 bits per heavy atom. The predicted molar refractivity (Wildman–Crippen MR) is 65.8 cm³/mol. The molecule has 1 atom stereocenters. The normalized spacial score (nSPS) is 12.1. The van der Waals surface area contributed by atoms with E-state index < -0.39 is 0 Å². The fraction of sp³-hybridized carbons (Fsp3) is 0.429. The quantitative estimate of drug-likeness (QED) is 0.722. The summed E-state index contributed by atoms with van der Waals surface area (Å²) in [5.74, 6) is 2.74. The molecule has 0 aliphatic rings. The molecule has 0 spiro atoms. The van der Waals surface area contributed by atoms with Crippen molar-refractivity contribution in [3.8, 4) is 12.3 Å². The maximum absolute atomic E-state index is 5.37. The summed E-state index contributed by atoms with van der Waals surface area (Å²) in [6.07, 6.45) is 7.41. The Hall–Kier alpha value is -1.26. The summed E-state index contributed by atoms with van der Waals surface area (Å²) < 4.78 is 0. The summed E-state index contributed by atoms with van der Waals surface area (Å²) in [7, 11) is 0. The van der Waals surface area contributed by atoms with Crippen LogP contribution in [-0.2, 0) is 6.42 Å². The third-order valence-electron chi connectivity index (χ3n) is 2.50. The summed E-state index contributed by atoms with van der Waals surface area (Å²) in [6, 6.07) is 8.82. The van der Waals surface area contributed by atoms with Crippen LogP contribution in [0.2, 0.25) is 0 Å². The minimum Gasteiger partial charge on any atom is -0.303 e. The molecule has 0 amide bonds. The molecule has 0 aromatic heterocycles. The number of aryl methyl sites for hydroxylation is 1. The summed E-state index contributed by atoms with van der Waals surface area (Å²) in [5, 5.41) is 3.35. The summed E-state index contributed by atoms with van der Waals surface area (Å²) in [6.45, 7) is 5.17. The third kappa shape index (κ3) is 4.18. The molecule has 0 radical (unpaired) electrons. The Kier molecular flexibility index (Phi) is 4.93. The molecular weight excluding hydrogens is 182 g/mol. The lowest BCUT2D eigenvalue weighted by Crippen LogP contribution is -2.28. The van der Waals surface area contributed by atoms with E-state index in [0.717, 1.165) is 19.4 Å². The zero-order valence-electron chi connectivity index (χ0n) is 9.59. The monoisotopic (exact) mass is 201 g/mol. The van der Waals surface area contributed by atoms with Gasteiger partial charge in [-0.2, -0.15) is 0 Å². The van der Waals surface area contributed by atoms with Crippen LogP contribution in [0.1, 0.15) is 24.5 Å². The molecule has 1 unspecified atom stereocenters. The van der Waals surface area contributed by atoms with E-state index in [1.807, 2.05) is 0 Å². The van der Waals surface area contributed by atoms with Crippen molar-refractivity contribution in [2.24, 2.45) is 0 Å². The predicted octanol–water partition coefficient (Wildman–Crippen LogP) is 2.54. The fourth-order valence-electron chi connectivity index (χ4n) is 1.58. The van der Waals surface area contributed by atoms with Gasteiger partial charge in [0.05, 0.1) is 6.04 Å². The molecule has 1 rings (SSSR count). The molecule has 1 aromatic rings. The molecule has 1 heteroatoms. The van der Waals surface area contributed by atoms with Crippen LogP contribution in [-0.4, -0.2) is 12.6 Å². The van der Waals surface area contributed by atoms with E-state index in [0.29, 0.717) is 0 Å². The average Bonchev–Trinajstić information content (AvgIpc) is 2.25.